The summed E-state index contributed by atoms with van der Waals surface area (Å²) in [4.78, 5) is 21.5. The zero-order valence-corrected chi connectivity index (χ0v) is 14.0. The molecule has 4 rings (SSSR count). The van der Waals surface area contributed by atoms with Crippen molar-refractivity contribution in [3.05, 3.63) is 83.8 Å². The maximum atomic E-state index is 12.7. The van der Waals surface area contributed by atoms with Crippen LogP contribution in [0.1, 0.15) is 10.5 Å². The third-order valence-corrected chi connectivity index (χ3v) is 4.30. The molecule has 0 bridgehead atoms. The van der Waals surface area contributed by atoms with Crippen LogP contribution in [0.5, 0.6) is 0 Å². The van der Waals surface area contributed by atoms with Crippen molar-refractivity contribution in [3.8, 4) is 11.3 Å². The highest BCUT2D eigenvalue weighted by atomic mass is 35.5. The van der Waals surface area contributed by atoms with E-state index >= 15 is 0 Å². The van der Waals surface area contributed by atoms with E-state index in [-0.39, 0.29) is 12.3 Å². The number of hydrogen-bond donors (Lipinski definition) is 0. The molecule has 122 valence electrons. The average Bonchev–Trinajstić information content (AvgIpc) is 2.98. The van der Waals surface area contributed by atoms with E-state index in [9.17, 15) is 4.79 Å². The van der Waals surface area contributed by atoms with Gasteiger partial charge in [-0.2, -0.15) is 0 Å². The molecule has 25 heavy (non-hydrogen) atoms. The highest BCUT2D eigenvalue weighted by molar-refractivity contribution is 6.29. The lowest BCUT2D eigenvalue weighted by atomic mass is 10.1. The van der Waals surface area contributed by atoms with Crippen LogP contribution >= 0.6 is 11.6 Å². The first kappa shape index (κ1) is 15.5. The summed E-state index contributed by atoms with van der Waals surface area (Å²) < 4.78 is 1.70. The Morgan fingerprint density at radius 1 is 0.880 bits per heavy atom. The Bertz CT molecular complexity index is 1060. The summed E-state index contributed by atoms with van der Waals surface area (Å²) in [5, 5.41) is 0.300. The number of halogens is 1. The second-order valence-corrected chi connectivity index (χ2v) is 5.99. The number of benzene rings is 2. The van der Waals surface area contributed by atoms with Crippen LogP contribution in [0.25, 0.3) is 22.3 Å². The fourth-order valence-corrected chi connectivity index (χ4v) is 3.02. The second-order valence-electron chi connectivity index (χ2n) is 5.65. The van der Waals surface area contributed by atoms with Crippen molar-refractivity contribution in [2.45, 2.75) is 6.54 Å². The van der Waals surface area contributed by atoms with Crippen LogP contribution in [0, 0.1) is 0 Å². The molecule has 0 aliphatic heterocycles. The Kier molecular flexibility index (Phi) is 4.04. The van der Waals surface area contributed by atoms with E-state index in [4.69, 9.17) is 11.6 Å². The summed E-state index contributed by atoms with van der Waals surface area (Å²) in [6.07, 6.45) is 0. The SMILES string of the molecule is O=C(Cn1c(Cl)nc2ccccc21)c1cccc(-c2ccccc2)n1. The monoisotopic (exact) mass is 347 g/mol. The molecule has 0 N–H and O–H groups in total. The second kappa shape index (κ2) is 6.49. The summed E-state index contributed by atoms with van der Waals surface area (Å²) in [5.41, 5.74) is 3.76. The number of ketones is 1. The lowest BCUT2D eigenvalue weighted by Gasteiger charge is -2.07. The summed E-state index contributed by atoms with van der Waals surface area (Å²) in [6, 6.07) is 22.8. The van der Waals surface area contributed by atoms with Crippen molar-refractivity contribution in [2.24, 2.45) is 0 Å². The molecule has 0 radical (unpaired) electrons. The molecule has 0 saturated heterocycles. The van der Waals surface area contributed by atoms with Gasteiger partial charge < -0.3 is 4.57 Å². The average molecular weight is 348 g/mol. The van der Waals surface area contributed by atoms with Crippen molar-refractivity contribution in [2.75, 3.05) is 0 Å². The topological polar surface area (TPSA) is 47.8 Å². The maximum absolute atomic E-state index is 12.7. The van der Waals surface area contributed by atoms with E-state index in [1.807, 2.05) is 66.7 Å². The zero-order chi connectivity index (χ0) is 17.2. The molecule has 0 aliphatic carbocycles. The molecule has 4 aromatic rings. The summed E-state index contributed by atoms with van der Waals surface area (Å²) >= 11 is 6.21. The molecule has 0 aliphatic rings. The number of para-hydroxylation sites is 2. The quantitative estimate of drug-likeness (QED) is 0.505. The van der Waals surface area contributed by atoms with Gasteiger partial charge in [-0.3, -0.25) is 4.79 Å². The molecular formula is C20H14ClN3O. The van der Waals surface area contributed by atoms with Gasteiger partial charge in [0.25, 0.3) is 0 Å². The minimum absolute atomic E-state index is 0.102. The Morgan fingerprint density at radius 2 is 1.64 bits per heavy atom. The molecule has 0 spiro atoms. The minimum Gasteiger partial charge on any atom is -0.307 e. The van der Waals surface area contributed by atoms with E-state index in [1.165, 1.54) is 0 Å². The Labute approximate surface area is 149 Å². The molecule has 2 aromatic heterocycles. The summed E-state index contributed by atoms with van der Waals surface area (Å²) in [5.74, 6) is -0.108. The molecule has 0 saturated carbocycles. The first-order chi connectivity index (χ1) is 12.2. The third-order valence-electron chi connectivity index (χ3n) is 4.01. The van der Waals surface area contributed by atoms with Crippen molar-refractivity contribution in [1.82, 2.24) is 14.5 Å². The number of imidazole rings is 1. The Morgan fingerprint density at radius 3 is 2.48 bits per heavy atom. The molecule has 4 nitrogen and oxygen atoms in total. The van der Waals surface area contributed by atoms with Gasteiger partial charge in [-0.05, 0) is 35.9 Å². The number of pyridine rings is 1. The van der Waals surface area contributed by atoms with Gasteiger partial charge >= 0.3 is 0 Å². The number of nitrogens with zero attached hydrogens (tertiary/aromatic N) is 3. The Hall–Kier alpha value is -2.98. The predicted octanol–water partition coefficient (Wildman–Crippen LogP) is 4.63. The molecular weight excluding hydrogens is 334 g/mol. The van der Waals surface area contributed by atoms with Crippen LogP contribution in [0.15, 0.2) is 72.8 Å². The zero-order valence-electron chi connectivity index (χ0n) is 13.3. The molecule has 2 heterocycles. The van der Waals surface area contributed by atoms with Gasteiger partial charge in [0.05, 0.1) is 23.3 Å². The van der Waals surface area contributed by atoms with Crippen LogP contribution in [-0.4, -0.2) is 20.3 Å². The molecule has 0 fully saturated rings. The van der Waals surface area contributed by atoms with Crippen molar-refractivity contribution in [3.63, 3.8) is 0 Å². The first-order valence-electron chi connectivity index (χ1n) is 7.89. The standard InChI is InChI=1S/C20H14ClN3O/c21-20-23-16-9-4-5-12-18(16)24(20)13-19(25)17-11-6-10-15(22-17)14-7-2-1-3-8-14/h1-12H,13H2. The predicted molar refractivity (Wildman–Crippen MR) is 98.7 cm³/mol. The summed E-state index contributed by atoms with van der Waals surface area (Å²) in [7, 11) is 0. The number of rotatable bonds is 4. The van der Waals surface area contributed by atoms with Gasteiger partial charge in [-0.1, -0.05) is 48.5 Å². The molecule has 2 aromatic carbocycles. The van der Waals surface area contributed by atoms with Crippen LogP contribution in [0.4, 0.5) is 0 Å². The number of Topliss-reactive ketones (excluding diaryl/α,β-unsaturated/α-hetero) is 1. The largest absolute Gasteiger partial charge is 0.307 e. The van der Waals surface area contributed by atoms with Crippen LogP contribution in [-0.2, 0) is 6.54 Å². The number of fused-ring (bicyclic) bond motifs is 1. The van der Waals surface area contributed by atoms with Gasteiger partial charge in [0.2, 0.25) is 11.1 Å². The van der Waals surface area contributed by atoms with E-state index in [1.54, 1.807) is 10.6 Å². The minimum atomic E-state index is -0.108. The van der Waals surface area contributed by atoms with Crippen LogP contribution < -0.4 is 0 Å². The van der Waals surface area contributed by atoms with Gasteiger partial charge in [0.1, 0.15) is 5.69 Å². The summed E-state index contributed by atoms with van der Waals surface area (Å²) in [6.45, 7) is 0.102. The van der Waals surface area contributed by atoms with Crippen LogP contribution in [0.3, 0.4) is 0 Å². The maximum Gasteiger partial charge on any atom is 0.204 e. The number of carbonyl (C=O) groups excluding carboxylic acids is 1. The number of carbonyl (C=O) groups is 1. The molecule has 5 heteroatoms. The van der Waals surface area contributed by atoms with Gasteiger partial charge in [0.15, 0.2) is 0 Å². The lowest BCUT2D eigenvalue weighted by Crippen LogP contribution is -2.12. The Balaban J connectivity index is 1.66. The van der Waals surface area contributed by atoms with Gasteiger partial charge in [-0.15, -0.1) is 0 Å². The number of hydrogen-bond acceptors (Lipinski definition) is 3. The molecule has 0 unspecified atom stereocenters. The van der Waals surface area contributed by atoms with Crippen molar-refractivity contribution < 1.29 is 4.79 Å². The van der Waals surface area contributed by atoms with E-state index in [0.29, 0.717) is 11.0 Å². The first-order valence-corrected chi connectivity index (χ1v) is 8.26. The highest BCUT2D eigenvalue weighted by Crippen LogP contribution is 2.21. The van der Waals surface area contributed by atoms with Crippen molar-refractivity contribution in [1.29, 1.82) is 0 Å². The fourth-order valence-electron chi connectivity index (χ4n) is 2.78. The number of aromatic nitrogens is 3. The third kappa shape index (κ3) is 3.04. The van der Waals surface area contributed by atoms with Crippen LogP contribution in [0.2, 0.25) is 5.28 Å². The normalized spacial score (nSPS) is 10.9. The van der Waals surface area contributed by atoms with Crippen molar-refractivity contribution >= 4 is 28.4 Å². The van der Waals surface area contributed by atoms with E-state index in [2.05, 4.69) is 9.97 Å². The van der Waals surface area contributed by atoms with E-state index < -0.39 is 0 Å². The van der Waals surface area contributed by atoms with Gasteiger partial charge in [-0.25, -0.2) is 9.97 Å². The highest BCUT2D eigenvalue weighted by Gasteiger charge is 2.15. The molecule has 0 atom stereocenters. The fraction of sp³-hybridized carbons (Fsp3) is 0.0500. The lowest BCUT2D eigenvalue weighted by molar-refractivity contribution is 0.0968. The smallest absolute Gasteiger partial charge is 0.204 e. The van der Waals surface area contributed by atoms with E-state index in [0.717, 1.165) is 22.3 Å². The van der Waals surface area contributed by atoms with Gasteiger partial charge in [0, 0.05) is 5.56 Å². The molecule has 0 amide bonds.